The Bertz CT molecular complexity index is 812. The molecule has 7 heteroatoms. The molecule has 5 nitrogen and oxygen atoms in total. The van der Waals surface area contributed by atoms with E-state index in [1.807, 2.05) is 6.92 Å². The van der Waals surface area contributed by atoms with Crippen molar-refractivity contribution >= 4 is 11.8 Å². The van der Waals surface area contributed by atoms with Crippen molar-refractivity contribution in [1.29, 1.82) is 0 Å². The van der Waals surface area contributed by atoms with Gasteiger partial charge in [-0.25, -0.2) is 9.18 Å². The van der Waals surface area contributed by atoms with Gasteiger partial charge in [-0.05, 0) is 87.0 Å². The van der Waals surface area contributed by atoms with E-state index in [4.69, 9.17) is 4.84 Å². The number of fused-ring (bicyclic) bond motifs is 5. The Hall–Kier alpha value is 0.0897. The van der Waals surface area contributed by atoms with Crippen molar-refractivity contribution in [3.05, 3.63) is 6.42 Å². The van der Waals surface area contributed by atoms with Gasteiger partial charge in [0.1, 0.15) is 6.67 Å². The van der Waals surface area contributed by atoms with Crippen molar-refractivity contribution in [2.75, 3.05) is 32.9 Å². The van der Waals surface area contributed by atoms with Gasteiger partial charge >= 0.3 is 6.09 Å². The SMILES string of the molecule is CCCNCCN(CCF)C(=O)O/N=C(\C)[C@H]1CC[C@H]2[C@@H]3CC[C@]4(C)C[CH-]CC[C@]4(C)[C@H]3CC[C@]12C.[Ho]. The van der Waals surface area contributed by atoms with E-state index in [0.29, 0.717) is 29.8 Å². The second kappa shape index (κ2) is 13.2. The molecule has 0 aromatic rings. The second-order valence-corrected chi connectivity index (χ2v) is 13.1. The maximum absolute atomic E-state index is 13.0. The number of alkyl halides is 1. The van der Waals surface area contributed by atoms with Gasteiger partial charge in [0.05, 0.1) is 12.3 Å². The summed E-state index contributed by atoms with van der Waals surface area (Å²) in [4.78, 5) is 19.5. The molecule has 0 bridgehead atoms. The first-order chi connectivity index (χ1) is 17.2. The van der Waals surface area contributed by atoms with Crippen molar-refractivity contribution in [2.45, 2.75) is 98.8 Å². The van der Waals surface area contributed by atoms with E-state index in [1.165, 1.54) is 56.3 Å². The van der Waals surface area contributed by atoms with Crippen LogP contribution in [0, 0.1) is 84.1 Å². The van der Waals surface area contributed by atoms with Crippen LogP contribution in [-0.4, -0.2) is 49.6 Å². The molecule has 0 heterocycles. The monoisotopic (exact) mass is 669 g/mol. The fraction of sp³-hybridized carbons (Fsp3) is 0.900. The van der Waals surface area contributed by atoms with Crippen LogP contribution in [0.2, 0.25) is 0 Å². The zero-order valence-corrected chi connectivity index (χ0v) is 25.8. The smallest absolute Gasteiger partial charge is 0.328 e. The Morgan fingerprint density at radius 3 is 2.59 bits per heavy atom. The average molecular weight is 670 g/mol. The number of hydrogen-bond donors (Lipinski definition) is 1. The van der Waals surface area contributed by atoms with E-state index >= 15 is 0 Å². The minimum atomic E-state index is -0.577. The van der Waals surface area contributed by atoms with Crippen LogP contribution in [0.25, 0.3) is 0 Å². The van der Waals surface area contributed by atoms with Gasteiger partial charge in [-0.15, -0.1) is 0 Å². The summed E-state index contributed by atoms with van der Waals surface area (Å²) < 4.78 is 13.0. The summed E-state index contributed by atoms with van der Waals surface area (Å²) in [6.45, 7) is 13.2. The molecule has 37 heavy (non-hydrogen) atoms. The Kier molecular flexibility index (Phi) is 11.3. The first-order valence-corrected chi connectivity index (χ1v) is 14.8. The van der Waals surface area contributed by atoms with E-state index in [1.54, 1.807) is 0 Å². The molecule has 0 spiro atoms. The number of hydrogen-bond acceptors (Lipinski definition) is 4. The summed E-state index contributed by atoms with van der Waals surface area (Å²) in [6, 6.07) is 0. The van der Waals surface area contributed by atoms with Crippen LogP contribution in [-0.2, 0) is 4.84 Å². The van der Waals surface area contributed by atoms with Crippen molar-refractivity contribution < 1.29 is 51.8 Å². The molecule has 0 aromatic carbocycles. The van der Waals surface area contributed by atoms with Crippen LogP contribution >= 0.6 is 0 Å². The number of amides is 1. The van der Waals surface area contributed by atoms with Crippen LogP contribution in [0.1, 0.15) is 98.8 Å². The van der Waals surface area contributed by atoms with E-state index in [9.17, 15) is 9.18 Å². The Morgan fingerprint density at radius 1 is 1.08 bits per heavy atom. The molecule has 4 rings (SSSR count). The summed E-state index contributed by atoms with van der Waals surface area (Å²) in [6.07, 6.45) is 14.7. The predicted molar refractivity (Wildman–Crippen MR) is 144 cm³/mol. The molecular formula is C30H51FHoN3O2-. The van der Waals surface area contributed by atoms with Crippen molar-refractivity contribution in [3.63, 3.8) is 0 Å². The maximum Gasteiger partial charge on any atom is 0.436 e. The molecule has 217 valence electrons. The molecule has 1 radical (unpaired) electrons. The van der Waals surface area contributed by atoms with Gasteiger partial charge in [-0.2, -0.15) is 12.8 Å². The van der Waals surface area contributed by atoms with Crippen molar-refractivity contribution in [2.24, 2.45) is 45.1 Å². The summed E-state index contributed by atoms with van der Waals surface area (Å²) in [5.41, 5.74) is 2.11. The third-order valence-electron chi connectivity index (χ3n) is 11.5. The zero-order chi connectivity index (χ0) is 26.0. The number of carbonyl (C=O) groups excluding carboxylic acids is 1. The zero-order valence-electron chi connectivity index (χ0n) is 23.9. The van der Waals surface area contributed by atoms with Crippen LogP contribution in [0.3, 0.4) is 0 Å². The van der Waals surface area contributed by atoms with Crippen LogP contribution < -0.4 is 5.32 Å². The fourth-order valence-corrected chi connectivity index (χ4v) is 9.18. The van der Waals surface area contributed by atoms with Crippen molar-refractivity contribution in [3.8, 4) is 0 Å². The molecule has 4 aliphatic rings. The molecule has 1 N–H and O–H groups in total. The van der Waals surface area contributed by atoms with E-state index in [0.717, 1.165) is 42.9 Å². The summed E-state index contributed by atoms with van der Waals surface area (Å²) in [7, 11) is 0. The molecule has 4 aliphatic carbocycles. The normalized spacial score (nSPS) is 39.1. The van der Waals surface area contributed by atoms with Gasteiger partial charge in [-0.1, -0.05) is 44.7 Å². The molecule has 7 atom stereocenters. The summed E-state index contributed by atoms with van der Waals surface area (Å²) in [5.74, 6) is 2.75. The minimum Gasteiger partial charge on any atom is -0.328 e. The van der Waals surface area contributed by atoms with Gasteiger partial charge in [0.25, 0.3) is 0 Å². The quantitative estimate of drug-likeness (QED) is 0.0717. The van der Waals surface area contributed by atoms with Gasteiger partial charge in [0, 0.05) is 56.7 Å². The topological polar surface area (TPSA) is 53.9 Å². The second-order valence-electron chi connectivity index (χ2n) is 13.1. The third kappa shape index (κ3) is 6.07. The average Bonchev–Trinajstić information content (AvgIpc) is 3.22. The van der Waals surface area contributed by atoms with Crippen molar-refractivity contribution in [1.82, 2.24) is 10.2 Å². The van der Waals surface area contributed by atoms with E-state index in [-0.39, 0.29) is 49.7 Å². The molecule has 0 aliphatic heterocycles. The molecule has 4 fully saturated rings. The molecule has 4 saturated carbocycles. The number of rotatable bonds is 9. The first-order valence-electron chi connectivity index (χ1n) is 14.8. The largest absolute Gasteiger partial charge is 0.436 e. The Morgan fingerprint density at radius 2 is 1.86 bits per heavy atom. The van der Waals surface area contributed by atoms with Gasteiger partial charge in [-0.3, -0.25) is 4.84 Å². The Balaban J connectivity index is 0.00000380. The maximum atomic E-state index is 13.0. The van der Waals surface area contributed by atoms with Crippen LogP contribution in [0.5, 0.6) is 0 Å². The van der Waals surface area contributed by atoms with E-state index < -0.39 is 12.8 Å². The Labute approximate surface area is 255 Å². The molecule has 1 amide bonds. The van der Waals surface area contributed by atoms with Gasteiger partial charge < -0.3 is 16.6 Å². The van der Waals surface area contributed by atoms with Gasteiger partial charge in [0.2, 0.25) is 0 Å². The molecule has 0 saturated heterocycles. The fourth-order valence-electron chi connectivity index (χ4n) is 9.18. The summed E-state index contributed by atoms with van der Waals surface area (Å²) >= 11 is 0. The van der Waals surface area contributed by atoms with Gasteiger partial charge in [0.15, 0.2) is 0 Å². The molecule has 0 unspecified atom stereocenters. The number of nitrogens with one attached hydrogen (secondary N) is 1. The minimum absolute atomic E-state index is 0. The van der Waals surface area contributed by atoms with E-state index in [2.05, 4.69) is 44.6 Å². The standard InChI is InChI=1S/C30H51FN3O2.Ho/c1-6-18-32-19-21-34(20-17-31)27(35)36-33-22(2)24-9-10-25-23-11-15-28(3)13-7-8-14-30(28,5)26(23)12-16-29(24,25)4;/h7,23-26,32H,6,8-21H2,1-5H3;/q-1;/b33-22+;/t23-,24+,25-,26-,28-,29+,30+;/m0./s1. The van der Waals surface area contributed by atoms with Crippen LogP contribution in [0.4, 0.5) is 9.18 Å². The number of nitrogens with zero attached hydrogens (tertiary/aromatic N) is 2. The third-order valence-corrected chi connectivity index (χ3v) is 11.5. The predicted octanol–water partition coefficient (Wildman–Crippen LogP) is 7.02. The number of halogens is 1. The number of carbonyl (C=O) groups is 1. The van der Waals surface area contributed by atoms with Crippen LogP contribution in [0.15, 0.2) is 5.16 Å². The first kappa shape index (κ1) is 31.6. The molecule has 0 aromatic heterocycles. The molecular weight excluding hydrogens is 618 g/mol. The summed E-state index contributed by atoms with van der Waals surface area (Å²) in [5, 5.41) is 7.62. The number of oxime groups is 1.